The Hall–Kier alpha value is -5.45. The number of fused-ring (bicyclic) bond motifs is 5. The fourth-order valence-electron chi connectivity index (χ4n) is 9.93. The van der Waals surface area contributed by atoms with Gasteiger partial charge in [0.05, 0.1) is 19.2 Å². The van der Waals surface area contributed by atoms with Gasteiger partial charge in [0.25, 0.3) is 0 Å². The summed E-state index contributed by atoms with van der Waals surface area (Å²) in [6.07, 6.45) is 0.875. The molecule has 0 aromatic heterocycles. The average molecular weight is 879 g/mol. The molecule has 3 aliphatic heterocycles. The van der Waals surface area contributed by atoms with Crippen LogP contribution in [0.1, 0.15) is 67.9 Å². The summed E-state index contributed by atoms with van der Waals surface area (Å²) in [5.74, 6) is -3.42. The number of aliphatic hydroxyl groups is 1. The van der Waals surface area contributed by atoms with E-state index < -0.39 is 89.7 Å². The molecule has 340 valence electrons. The van der Waals surface area contributed by atoms with E-state index in [9.17, 15) is 24.3 Å². The van der Waals surface area contributed by atoms with Gasteiger partial charge in [0.1, 0.15) is 41.5 Å². The van der Waals surface area contributed by atoms with Gasteiger partial charge in [0, 0.05) is 59.3 Å². The van der Waals surface area contributed by atoms with E-state index in [2.05, 4.69) is 5.32 Å². The van der Waals surface area contributed by atoms with Crippen molar-refractivity contribution in [3.8, 4) is 0 Å². The van der Waals surface area contributed by atoms with E-state index in [-0.39, 0.29) is 38.1 Å². The molecule has 3 saturated heterocycles. The van der Waals surface area contributed by atoms with Crippen LogP contribution in [0.4, 0.5) is 0 Å². The van der Waals surface area contributed by atoms with Crippen molar-refractivity contribution < 1.29 is 52.9 Å². The van der Waals surface area contributed by atoms with Crippen LogP contribution in [0.3, 0.4) is 0 Å². The van der Waals surface area contributed by atoms with E-state index in [1.54, 1.807) is 48.0 Å². The van der Waals surface area contributed by atoms with Gasteiger partial charge in [-0.05, 0) is 61.1 Å². The quantitative estimate of drug-likeness (QED) is 0.179. The van der Waals surface area contributed by atoms with Crippen molar-refractivity contribution in [3.63, 3.8) is 0 Å². The van der Waals surface area contributed by atoms with E-state index in [1.165, 1.54) is 20.9 Å². The second kappa shape index (κ2) is 17.8. The molecule has 3 aromatic carbocycles. The molecule has 5 aliphatic rings. The van der Waals surface area contributed by atoms with Gasteiger partial charge in [-0.15, -0.1) is 0 Å². The zero-order valence-electron chi connectivity index (χ0n) is 37.2. The number of ether oxygens (including phenoxy) is 4. The van der Waals surface area contributed by atoms with Crippen LogP contribution >= 0.6 is 0 Å². The van der Waals surface area contributed by atoms with Crippen molar-refractivity contribution in [2.75, 3.05) is 27.7 Å². The molecule has 64 heavy (non-hydrogen) atoms. The molecule has 3 heterocycles. The monoisotopic (exact) mass is 878 g/mol. The van der Waals surface area contributed by atoms with Crippen LogP contribution in [0.2, 0.25) is 0 Å². The Morgan fingerprint density at radius 1 is 0.938 bits per heavy atom. The number of carbonyl (C=O) groups excluding carboxylic acids is 5. The molecule has 2 N–H and O–H groups in total. The number of benzene rings is 3. The Labute approximate surface area is 373 Å². The van der Waals surface area contributed by atoms with Crippen LogP contribution in [0.15, 0.2) is 84.9 Å². The van der Waals surface area contributed by atoms with Gasteiger partial charge in [-0.25, -0.2) is 0 Å². The first-order valence-corrected chi connectivity index (χ1v) is 22.0. The first-order chi connectivity index (χ1) is 30.5. The van der Waals surface area contributed by atoms with Crippen molar-refractivity contribution in [3.05, 3.63) is 113 Å². The van der Waals surface area contributed by atoms with Crippen molar-refractivity contribution >= 4 is 35.7 Å². The Morgan fingerprint density at radius 2 is 1.61 bits per heavy atom. The first-order valence-electron chi connectivity index (χ1n) is 22.0. The minimum Gasteiger partial charge on any atom is -0.460 e. The molecule has 15 heteroatoms. The van der Waals surface area contributed by atoms with Crippen LogP contribution in [0.5, 0.6) is 0 Å². The standard InChI is InChI=1S/C49H58N4O11/c1-47(2,3)61-39(56)22-20-35(29-54)50-44(57)36(24-30-13-8-7-9-14-30)52(6)46(59)49-27-37-40-41(63-48(62-40)25-33-17-10-11-18-34(33)26-48)43(49)64-53(42(49)45(58)60-37)28-32-16-12-15-31(23-32)19-21-38(55)51(4)5/h7-19,21,23,35-37,40-43,54H,20,22,24-29H2,1-6H3,(H,50,57). The summed E-state index contributed by atoms with van der Waals surface area (Å²) in [6.45, 7) is 4.91. The van der Waals surface area contributed by atoms with Gasteiger partial charge in [-0.2, -0.15) is 5.06 Å². The third-order valence-corrected chi connectivity index (χ3v) is 12.9. The van der Waals surface area contributed by atoms with Crippen LogP contribution in [0, 0.1) is 5.41 Å². The molecule has 1 spiro atoms. The predicted molar refractivity (Wildman–Crippen MR) is 232 cm³/mol. The number of carbonyl (C=O) groups is 5. The second-order valence-corrected chi connectivity index (χ2v) is 18.9. The molecular formula is C49H58N4O11. The largest absolute Gasteiger partial charge is 0.460 e. The number of nitrogens with one attached hydrogen (secondary N) is 1. The van der Waals surface area contributed by atoms with Crippen LogP contribution in [0.25, 0.3) is 6.08 Å². The van der Waals surface area contributed by atoms with Gasteiger partial charge in [-0.1, -0.05) is 78.9 Å². The van der Waals surface area contributed by atoms with Crippen LogP contribution < -0.4 is 5.32 Å². The summed E-state index contributed by atoms with van der Waals surface area (Å²) in [4.78, 5) is 79.6. The highest BCUT2D eigenvalue weighted by molar-refractivity contribution is 5.96. The normalized spacial score (nSPS) is 26.2. The van der Waals surface area contributed by atoms with Gasteiger partial charge in [0.2, 0.25) is 17.7 Å². The third kappa shape index (κ3) is 8.96. The van der Waals surface area contributed by atoms with Gasteiger partial charge >= 0.3 is 11.9 Å². The number of aliphatic hydroxyl groups excluding tert-OH is 1. The Kier molecular flexibility index (Phi) is 12.6. The number of hydroxylamine groups is 2. The Balaban J connectivity index is 1.13. The highest BCUT2D eigenvalue weighted by Crippen LogP contribution is 2.59. The second-order valence-electron chi connectivity index (χ2n) is 18.9. The third-order valence-electron chi connectivity index (χ3n) is 12.9. The molecule has 8 unspecified atom stereocenters. The molecule has 8 rings (SSSR count). The fraction of sp³-hybridized carbons (Fsp3) is 0.490. The Bertz CT molecular complexity index is 2270. The van der Waals surface area contributed by atoms with E-state index in [4.69, 9.17) is 23.8 Å². The lowest BCUT2D eigenvalue weighted by molar-refractivity contribution is -0.218. The predicted octanol–water partition coefficient (Wildman–Crippen LogP) is 3.54. The van der Waals surface area contributed by atoms with Crippen LogP contribution in [-0.2, 0) is 73.6 Å². The van der Waals surface area contributed by atoms with Crippen molar-refractivity contribution in [1.82, 2.24) is 20.2 Å². The fourth-order valence-corrected chi connectivity index (χ4v) is 9.93. The summed E-state index contributed by atoms with van der Waals surface area (Å²) in [6, 6.07) is 21.6. The number of amides is 3. The Morgan fingerprint density at radius 3 is 2.28 bits per heavy atom. The molecule has 2 bridgehead atoms. The number of esters is 2. The van der Waals surface area contributed by atoms with Crippen molar-refractivity contribution in [2.24, 2.45) is 5.41 Å². The molecule has 8 atom stereocenters. The zero-order chi connectivity index (χ0) is 45.6. The van der Waals surface area contributed by atoms with Gasteiger partial charge < -0.3 is 39.2 Å². The van der Waals surface area contributed by atoms with Crippen molar-refractivity contribution in [2.45, 2.75) is 120 Å². The van der Waals surface area contributed by atoms with Crippen molar-refractivity contribution in [1.29, 1.82) is 0 Å². The molecule has 3 aromatic rings. The molecule has 2 aliphatic carbocycles. The average Bonchev–Trinajstić information content (AvgIpc) is 3.93. The molecule has 0 radical (unpaired) electrons. The SMILES string of the molecule is CN(C)C(=O)C=Cc1cccc(CN2OC3C4OC5(Cc6ccccc6C5)OC4C4CC3(C(=O)N(C)C(Cc3ccccc3)C(=O)NC(CO)CCC(=O)OC(C)(C)C)C2C(=O)O4)c1. The van der Waals surface area contributed by atoms with E-state index >= 15 is 4.79 Å². The molecule has 3 amide bonds. The summed E-state index contributed by atoms with van der Waals surface area (Å²) in [5.41, 5.74) is 2.15. The highest BCUT2D eigenvalue weighted by Gasteiger charge is 2.77. The number of rotatable bonds is 14. The summed E-state index contributed by atoms with van der Waals surface area (Å²) >= 11 is 0. The molecule has 1 saturated carbocycles. The number of nitrogens with zero attached hydrogens (tertiary/aromatic N) is 3. The smallest absolute Gasteiger partial charge is 0.327 e. The lowest BCUT2D eigenvalue weighted by Crippen LogP contribution is -2.70. The summed E-state index contributed by atoms with van der Waals surface area (Å²) < 4.78 is 25.5. The first kappa shape index (κ1) is 45.1. The molecule has 4 fully saturated rings. The lowest BCUT2D eigenvalue weighted by atomic mass is 9.62. The minimum atomic E-state index is -1.59. The molecule has 15 nitrogen and oxygen atoms in total. The zero-order valence-corrected chi connectivity index (χ0v) is 37.2. The summed E-state index contributed by atoms with van der Waals surface area (Å²) in [5, 5.41) is 14.8. The van der Waals surface area contributed by atoms with Gasteiger partial charge in [0.15, 0.2) is 11.8 Å². The van der Waals surface area contributed by atoms with E-state index in [0.717, 1.165) is 27.8 Å². The van der Waals surface area contributed by atoms with Crippen LogP contribution in [-0.4, -0.2) is 131 Å². The van der Waals surface area contributed by atoms with Gasteiger partial charge in [-0.3, -0.25) is 28.8 Å². The number of hydrogen-bond donors (Lipinski definition) is 2. The van der Waals surface area contributed by atoms with E-state index in [1.807, 2.05) is 78.9 Å². The lowest BCUT2D eigenvalue weighted by Gasteiger charge is -2.50. The maximum atomic E-state index is 15.8. The number of hydrogen-bond acceptors (Lipinski definition) is 12. The minimum absolute atomic E-state index is 0.0470. The molecular weight excluding hydrogens is 821 g/mol. The topological polar surface area (TPSA) is 173 Å². The highest BCUT2D eigenvalue weighted by atomic mass is 16.8. The van der Waals surface area contributed by atoms with E-state index in [0.29, 0.717) is 12.8 Å². The number of likely N-dealkylation sites (N-methyl/N-ethyl adjacent to an activating group) is 2. The maximum absolute atomic E-state index is 15.8. The maximum Gasteiger partial charge on any atom is 0.327 e. The summed E-state index contributed by atoms with van der Waals surface area (Å²) in [7, 11) is 4.89.